The maximum atomic E-state index is 11.4. The molecule has 3 nitrogen and oxygen atoms in total. The summed E-state index contributed by atoms with van der Waals surface area (Å²) in [6.07, 6.45) is 1.72. The average molecular weight is 207 g/mol. The van der Waals surface area contributed by atoms with Crippen LogP contribution in [0, 0.1) is 0 Å². The van der Waals surface area contributed by atoms with Crippen molar-refractivity contribution in [2.24, 2.45) is 0 Å². The summed E-state index contributed by atoms with van der Waals surface area (Å²) in [4.78, 5) is 0. The minimum Gasteiger partial charge on any atom is -0.314 e. The Balaban J connectivity index is 3.87. The molecule has 0 saturated heterocycles. The van der Waals surface area contributed by atoms with E-state index in [1.165, 1.54) is 0 Å². The average Bonchev–Trinajstić information content (AvgIpc) is 2.00. The van der Waals surface area contributed by atoms with E-state index in [1.54, 1.807) is 0 Å². The lowest BCUT2D eigenvalue weighted by Gasteiger charge is -2.11. The Morgan fingerprint density at radius 2 is 1.92 bits per heavy atom. The molecule has 0 radical (unpaired) electrons. The van der Waals surface area contributed by atoms with E-state index in [0.717, 1.165) is 19.4 Å². The van der Waals surface area contributed by atoms with Gasteiger partial charge in [-0.25, -0.2) is 8.42 Å². The van der Waals surface area contributed by atoms with Gasteiger partial charge >= 0.3 is 0 Å². The fourth-order valence-electron chi connectivity index (χ4n) is 1.24. The van der Waals surface area contributed by atoms with Crippen molar-refractivity contribution in [1.82, 2.24) is 5.32 Å². The van der Waals surface area contributed by atoms with E-state index in [1.807, 2.05) is 20.8 Å². The summed E-state index contributed by atoms with van der Waals surface area (Å²) in [5, 5.41) is 3.10. The number of unbranched alkanes of at least 4 members (excludes halogenated alkanes) is 1. The smallest absolute Gasteiger partial charge is 0.151 e. The van der Waals surface area contributed by atoms with Crippen LogP contribution in [0.4, 0.5) is 0 Å². The van der Waals surface area contributed by atoms with Gasteiger partial charge < -0.3 is 5.32 Å². The fraction of sp³-hybridized carbons (Fsp3) is 1.00. The second kappa shape index (κ2) is 6.38. The summed E-state index contributed by atoms with van der Waals surface area (Å²) in [5.74, 6) is 0.597. The third-order valence-corrected chi connectivity index (χ3v) is 3.78. The van der Waals surface area contributed by atoms with E-state index in [2.05, 4.69) is 5.32 Å². The van der Waals surface area contributed by atoms with Gasteiger partial charge in [0.1, 0.15) is 0 Å². The van der Waals surface area contributed by atoms with Crippen molar-refractivity contribution in [3.05, 3.63) is 0 Å². The van der Waals surface area contributed by atoms with Crippen LogP contribution >= 0.6 is 0 Å². The van der Waals surface area contributed by atoms with Crippen molar-refractivity contribution in [2.75, 3.05) is 18.1 Å². The fourth-order valence-corrected chi connectivity index (χ4v) is 3.01. The van der Waals surface area contributed by atoms with Crippen LogP contribution < -0.4 is 5.32 Å². The van der Waals surface area contributed by atoms with E-state index < -0.39 is 9.84 Å². The highest BCUT2D eigenvalue weighted by atomic mass is 32.2. The summed E-state index contributed by atoms with van der Waals surface area (Å²) >= 11 is 0. The predicted molar refractivity (Wildman–Crippen MR) is 56.7 cm³/mol. The van der Waals surface area contributed by atoms with Crippen molar-refractivity contribution in [3.8, 4) is 0 Å². The molecule has 0 rings (SSSR count). The second-order valence-electron chi connectivity index (χ2n) is 3.43. The third-order valence-electron chi connectivity index (χ3n) is 1.87. The van der Waals surface area contributed by atoms with E-state index in [9.17, 15) is 8.42 Å². The molecule has 4 heteroatoms. The van der Waals surface area contributed by atoms with Gasteiger partial charge in [0.25, 0.3) is 0 Å². The topological polar surface area (TPSA) is 46.2 Å². The highest BCUT2D eigenvalue weighted by Crippen LogP contribution is 1.99. The van der Waals surface area contributed by atoms with Crippen LogP contribution in [0.25, 0.3) is 0 Å². The minimum absolute atomic E-state index is 0.0758. The lowest BCUT2D eigenvalue weighted by molar-refractivity contribution is 0.564. The lowest BCUT2D eigenvalue weighted by atomic mass is 10.4. The molecule has 0 heterocycles. The number of sulfone groups is 1. The number of rotatable bonds is 7. The van der Waals surface area contributed by atoms with Crippen molar-refractivity contribution < 1.29 is 8.42 Å². The Morgan fingerprint density at radius 3 is 2.38 bits per heavy atom. The van der Waals surface area contributed by atoms with Crippen molar-refractivity contribution >= 4 is 9.84 Å². The van der Waals surface area contributed by atoms with Crippen molar-refractivity contribution in [2.45, 2.75) is 39.7 Å². The zero-order chi connectivity index (χ0) is 10.3. The number of nitrogens with one attached hydrogen (secondary N) is 1. The predicted octanol–water partition coefficient (Wildman–Crippen LogP) is 1.20. The molecule has 0 bridgehead atoms. The molecule has 0 spiro atoms. The van der Waals surface area contributed by atoms with E-state index in [4.69, 9.17) is 0 Å². The largest absolute Gasteiger partial charge is 0.314 e. The molecule has 0 fully saturated rings. The first kappa shape index (κ1) is 12.9. The van der Waals surface area contributed by atoms with Gasteiger partial charge in [0.2, 0.25) is 0 Å². The van der Waals surface area contributed by atoms with Crippen LogP contribution in [-0.2, 0) is 9.84 Å². The molecule has 0 aromatic carbocycles. The van der Waals surface area contributed by atoms with Gasteiger partial charge in [0.15, 0.2) is 9.84 Å². The maximum Gasteiger partial charge on any atom is 0.151 e. The number of hydrogen-bond acceptors (Lipinski definition) is 3. The van der Waals surface area contributed by atoms with Crippen molar-refractivity contribution in [1.29, 1.82) is 0 Å². The molecule has 1 N–H and O–H groups in total. The van der Waals surface area contributed by atoms with Gasteiger partial charge in [-0.3, -0.25) is 0 Å². The first-order chi connectivity index (χ1) is 6.02. The Hall–Kier alpha value is -0.0900. The summed E-state index contributed by atoms with van der Waals surface area (Å²) in [7, 11) is -2.83. The van der Waals surface area contributed by atoms with Gasteiger partial charge in [-0.1, -0.05) is 20.3 Å². The molecular formula is C9H21NO2S. The molecule has 80 valence electrons. The number of hydrogen-bond donors (Lipinski definition) is 1. The zero-order valence-corrected chi connectivity index (χ0v) is 9.65. The van der Waals surface area contributed by atoms with Crippen molar-refractivity contribution in [3.63, 3.8) is 0 Å². The molecule has 0 saturated carbocycles. The van der Waals surface area contributed by atoms with Crippen LogP contribution in [0.1, 0.15) is 33.6 Å². The third kappa shape index (κ3) is 7.02. The molecule has 0 aromatic heterocycles. The Kier molecular flexibility index (Phi) is 6.33. The quantitative estimate of drug-likeness (QED) is 0.682. The van der Waals surface area contributed by atoms with Gasteiger partial charge in [-0.2, -0.15) is 0 Å². The molecular weight excluding hydrogens is 186 g/mol. The van der Waals surface area contributed by atoms with Crippen LogP contribution in [0.15, 0.2) is 0 Å². The first-order valence-electron chi connectivity index (χ1n) is 4.95. The van der Waals surface area contributed by atoms with E-state index in [0.29, 0.717) is 5.75 Å². The lowest BCUT2D eigenvalue weighted by Crippen LogP contribution is -2.33. The van der Waals surface area contributed by atoms with Gasteiger partial charge in [0.05, 0.1) is 11.5 Å². The molecule has 0 aliphatic heterocycles. The Labute approximate surface area is 81.8 Å². The van der Waals surface area contributed by atoms with Crippen LogP contribution in [-0.4, -0.2) is 32.5 Å². The molecule has 0 aliphatic rings. The van der Waals surface area contributed by atoms with Gasteiger partial charge in [-0.15, -0.1) is 0 Å². The monoisotopic (exact) mass is 207 g/mol. The summed E-state index contributed by atoms with van der Waals surface area (Å²) in [6, 6.07) is 0.0758. The standard InChI is InChI=1S/C9H21NO2S/c1-4-6-7-13(11,12)8-9(3)10-5-2/h9-10H,4-8H2,1-3H3. The van der Waals surface area contributed by atoms with Crippen LogP contribution in [0.2, 0.25) is 0 Å². The van der Waals surface area contributed by atoms with Crippen LogP contribution in [0.5, 0.6) is 0 Å². The van der Waals surface area contributed by atoms with Crippen LogP contribution in [0.3, 0.4) is 0 Å². The highest BCUT2D eigenvalue weighted by molar-refractivity contribution is 7.91. The van der Waals surface area contributed by atoms with E-state index >= 15 is 0 Å². The summed E-state index contributed by atoms with van der Waals surface area (Å²) < 4.78 is 22.9. The summed E-state index contributed by atoms with van der Waals surface area (Å²) in [6.45, 7) is 6.72. The Bertz CT molecular complexity index is 212. The zero-order valence-electron chi connectivity index (χ0n) is 8.84. The first-order valence-corrected chi connectivity index (χ1v) is 6.77. The molecule has 1 atom stereocenters. The molecule has 0 aromatic rings. The molecule has 0 aliphatic carbocycles. The Morgan fingerprint density at radius 1 is 1.31 bits per heavy atom. The molecule has 13 heavy (non-hydrogen) atoms. The van der Waals surface area contributed by atoms with E-state index in [-0.39, 0.29) is 11.8 Å². The SMILES string of the molecule is CCCCS(=O)(=O)CC(C)NCC. The highest BCUT2D eigenvalue weighted by Gasteiger charge is 2.13. The summed E-state index contributed by atoms with van der Waals surface area (Å²) in [5.41, 5.74) is 0. The van der Waals surface area contributed by atoms with Gasteiger partial charge in [0, 0.05) is 6.04 Å². The molecule has 1 unspecified atom stereocenters. The molecule has 0 amide bonds. The maximum absolute atomic E-state index is 11.4. The second-order valence-corrected chi connectivity index (χ2v) is 5.66. The normalized spacial score (nSPS) is 14.4. The minimum atomic E-state index is -2.83. The van der Waals surface area contributed by atoms with Gasteiger partial charge in [-0.05, 0) is 19.9 Å².